The number of hydrogen-bond acceptors (Lipinski definition) is 2. The van der Waals surface area contributed by atoms with Gasteiger partial charge in [-0.25, -0.2) is 0 Å². The van der Waals surface area contributed by atoms with Gasteiger partial charge in [0, 0.05) is 5.41 Å². The molecule has 0 aromatic carbocycles. The Kier molecular flexibility index (Phi) is 3.18. The van der Waals surface area contributed by atoms with Crippen molar-refractivity contribution in [2.45, 2.75) is 20.8 Å². The second kappa shape index (κ2) is 3.25. The lowest BCUT2D eigenvalue weighted by atomic mass is 9.96. The molecule has 0 aromatic heterocycles. The third kappa shape index (κ3) is 3.74. The van der Waals surface area contributed by atoms with Crippen LogP contribution in [0.3, 0.4) is 0 Å². The molecule has 10 heavy (non-hydrogen) atoms. The summed E-state index contributed by atoms with van der Waals surface area (Å²) >= 11 is -1.24. The van der Waals surface area contributed by atoms with Crippen molar-refractivity contribution in [1.29, 1.82) is 0 Å². The standard InChI is InChI=1S/C6H13NO2S/c1-6(2,3)5(8)7-10(4)9/h1-4H3,(H,7,8). The van der Waals surface area contributed by atoms with Crippen molar-refractivity contribution in [3.63, 3.8) is 0 Å². The van der Waals surface area contributed by atoms with E-state index in [-0.39, 0.29) is 5.91 Å². The number of nitrogens with one attached hydrogen (secondary N) is 1. The predicted molar refractivity (Wildman–Crippen MR) is 41.7 cm³/mol. The first-order valence-electron chi connectivity index (χ1n) is 2.98. The van der Waals surface area contributed by atoms with E-state index < -0.39 is 16.8 Å². The van der Waals surface area contributed by atoms with Gasteiger partial charge in [-0.05, 0) is 0 Å². The third-order valence-electron chi connectivity index (χ3n) is 0.918. The average Bonchev–Trinajstić information content (AvgIpc) is 1.60. The van der Waals surface area contributed by atoms with Gasteiger partial charge >= 0.3 is 0 Å². The normalized spacial score (nSPS) is 14.5. The first kappa shape index (κ1) is 9.78. The van der Waals surface area contributed by atoms with E-state index >= 15 is 0 Å². The smallest absolute Gasteiger partial charge is 0.266 e. The lowest BCUT2D eigenvalue weighted by Gasteiger charge is -2.16. The maximum absolute atomic E-state index is 11.0. The lowest BCUT2D eigenvalue weighted by molar-refractivity contribution is -0.126. The van der Waals surface area contributed by atoms with Gasteiger partial charge < -0.3 is 4.55 Å². The molecule has 1 amide bonds. The molecule has 0 saturated heterocycles. The van der Waals surface area contributed by atoms with Gasteiger partial charge in [-0.2, -0.15) is 4.72 Å². The molecule has 0 radical (unpaired) electrons. The van der Waals surface area contributed by atoms with Gasteiger partial charge in [0.1, 0.15) is 6.26 Å². The Balaban J connectivity index is 3.87. The summed E-state index contributed by atoms with van der Waals surface area (Å²) in [6.07, 6.45) is 1.43. The molecular formula is C6H13NO2S. The van der Waals surface area contributed by atoms with Crippen molar-refractivity contribution in [3.8, 4) is 0 Å². The van der Waals surface area contributed by atoms with Gasteiger partial charge in [-0.3, -0.25) is 4.79 Å². The zero-order valence-electron chi connectivity index (χ0n) is 6.72. The molecule has 1 N–H and O–H groups in total. The Hall–Kier alpha value is -0.220. The molecule has 60 valence electrons. The number of carbonyl (C=O) groups excluding carboxylic acids is 1. The van der Waals surface area contributed by atoms with Crippen LogP contribution in [0.15, 0.2) is 0 Å². The second-order valence-electron chi connectivity index (χ2n) is 3.14. The number of rotatable bonds is 1. The molecule has 0 fully saturated rings. The molecule has 0 aliphatic carbocycles. The van der Waals surface area contributed by atoms with E-state index in [0.29, 0.717) is 0 Å². The van der Waals surface area contributed by atoms with Crippen molar-refractivity contribution in [2.24, 2.45) is 5.41 Å². The summed E-state index contributed by atoms with van der Waals surface area (Å²) in [7, 11) is 0. The Morgan fingerprint density at radius 2 is 1.90 bits per heavy atom. The molecule has 1 unspecified atom stereocenters. The van der Waals surface area contributed by atoms with Crippen molar-refractivity contribution in [1.82, 2.24) is 4.72 Å². The fraction of sp³-hybridized carbons (Fsp3) is 0.833. The molecular weight excluding hydrogens is 150 g/mol. The molecule has 3 nitrogen and oxygen atoms in total. The summed E-state index contributed by atoms with van der Waals surface area (Å²) in [5.41, 5.74) is -0.453. The van der Waals surface area contributed by atoms with Gasteiger partial charge in [0.25, 0.3) is 5.91 Å². The first-order valence-corrected chi connectivity index (χ1v) is 4.54. The van der Waals surface area contributed by atoms with Crippen LogP contribution in [0.2, 0.25) is 0 Å². The third-order valence-corrected chi connectivity index (χ3v) is 1.39. The molecule has 0 saturated carbocycles. The van der Waals surface area contributed by atoms with Crippen molar-refractivity contribution < 1.29 is 9.35 Å². The number of hydrogen-bond donors (Lipinski definition) is 1. The fourth-order valence-electron chi connectivity index (χ4n) is 0.284. The summed E-state index contributed by atoms with van der Waals surface area (Å²) in [5, 5.41) is 0. The topological polar surface area (TPSA) is 52.2 Å². The van der Waals surface area contributed by atoms with E-state index in [0.717, 1.165) is 0 Å². The van der Waals surface area contributed by atoms with Crippen LogP contribution < -0.4 is 4.72 Å². The first-order chi connectivity index (χ1) is 4.34. The summed E-state index contributed by atoms with van der Waals surface area (Å²) in [6, 6.07) is 0. The minimum atomic E-state index is -1.24. The molecule has 0 bridgehead atoms. The Labute approximate surface area is 64.5 Å². The minimum Gasteiger partial charge on any atom is -0.593 e. The van der Waals surface area contributed by atoms with Crippen LogP contribution in [0.4, 0.5) is 0 Å². The summed E-state index contributed by atoms with van der Waals surface area (Å²) in [5.74, 6) is -0.187. The zero-order valence-corrected chi connectivity index (χ0v) is 7.54. The Morgan fingerprint density at radius 1 is 1.50 bits per heavy atom. The van der Waals surface area contributed by atoms with Gasteiger partial charge in [0.15, 0.2) is 0 Å². The Morgan fingerprint density at radius 3 is 2.00 bits per heavy atom. The highest BCUT2D eigenvalue weighted by molar-refractivity contribution is 7.89. The van der Waals surface area contributed by atoms with Crippen LogP contribution >= 0.6 is 0 Å². The van der Waals surface area contributed by atoms with Gasteiger partial charge in [0.05, 0.1) is 11.4 Å². The van der Waals surface area contributed by atoms with Crippen LogP contribution in [-0.2, 0) is 16.2 Å². The molecule has 0 heterocycles. The quantitative estimate of drug-likeness (QED) is 0.570. The van der Waals surface area contributed by atoms with Crippen LogP contribution in [-0.4, -0.2) is 16.7 Å². The molecule has 0 aliphatic heterocycles. The molecule has 0 aliphatic rings. The fourth-order valence-corrected chi connectivity index (χ4v) is 0.851. The summed E-state index contributed by atoms with van der Waals surface area (Å²) in [6.45, 7) is 5.32. The van der Waals surface area contributed by atoms with E-state index in [1.54, 1.807) is 20.8 Å². The van der Waals surface area contributed by atoms with E-state index in [1.807, 2.05) is 0 Å². The molecule has 1 atom stereocenters. The van der Waals surface area contributed by atoms with Crippen molar-refractivity contribution in [3.05, 3.63) is 0 Å². The highest BCUT2D eigenvalue weighted by atomic mass is 32.2. The summed E-state index contributed by atoms with van der Waals surface area (Å²) < 4.78 is 12.8. The lowest BCUT2D eigenvalue weighted by Crippen LogP contribution is -2.38. The van der Waals surface area contributed by atoms with Gasteiger partial charge in [0.2, 0.25) is 0 Å². The van der Waals surface area contributed by atoms with E-state index in [9.17, 15) is 9.35 Å². The minimum absolute atomic E-state index is 0.187. The van der Waals surface area contributed by atoms with Crippen LogP contribution in [0.1, 0.15) is 20.8 Å². The molecule has 4 heteroatoms. The number of amides is 1. The molecule has 0 rings (SSSR count). The monoisotopic (exact) mass is 163 g/mol. The zero-order chi connectivity index (χ0) is 8.36. The van der Waals surface area contributed by atoms with Gasteiger partial charge in [-0.1, -0.05) is 20.8 Å². The van der Waals surface area contributed by atoms with Crippen LogP contribution in [0, 0.1) is 5.41 Å². The summed E-state index contributed by atoms with van der Waals surface area (Å²) in [4.78, 5) is 11.0. The van der Waals surface area contributed by atoms with Crippen LogP contribution in [0.5, 0.6) is 0 Å². The van der Waals surface area contributed by atoms with Crippen molar-refractivity contribution >= 4 is 17.3 Å². The maximum Gasteiger partial charge on any atom is 0.266 e. The largest absolute Gasteiger partial charge is 0.593 e. The van der Waals surface area contributed by atoms with E-state index in [4.69, 9.17) is 0 Å². The second-order valence-corrected chi connectivity index (χ2v) is 4.25. The highest BCUT2D eigenvalue weighted by Gasteiger charge is 2.23. The molecule has 0 spiro atoms. The SMILES string of the molecule is C[S+]([O-])NC(=O)C(C)(C)C. The molecule has 0 aromatic rings. The Bertz CT molecular complexity index is 128. The average molecular weight is 163 g/mol. The number of carbonyl (C=O) groups is 1. The van der Waals surface area contributed by atoms with Crippen LogP contribution in [0.25, 0.3) is 0 Å². The highest BCUT2D eigenvalue weighted by Crippen LogP contribution is 2.12. The maximum atomic E-state index is 11.0. The van der Waals surface area contributed by atoms with Gasteiger partial charge in [-0.15, -0.1) is 0 Å². The van der Waals surface area contributed by atoms with E-state index in [1.165, 1.54) is 6.26 Å². The van der Waals surface area contributed by atoms with E-state index in [2.05, 4.69) is 4.72 Å². The van der Waals surface area contributed by atoms with Crippen molar-refractivity contribution in [2.75, 3.05) is 6.26 Å². The predicted octanol–water partition coefficient (Wildman–Crippen LogP) is 0.442.